The third-order valence-corrected chi connectivity index (χ3v) is 7.98. The van der Waals surface area contributed by atoms with Crippen molar-refractivity contribution >= 4 is 38.4 Å². The topological polar surface area (TPSA) is 66.8 Å². The summed E-state index contributed by atoms with van der Waals surface area (Å²) in [6.07, 6.45) is 0. The number of benzene rings is 2. The Morgan fingerprint density at radius 2 is 1.74 bits per heavy atom. The normalized spacial score (nSPS) is 25.0. The first-order valence-corrected chi connectivity index (χ1v) is 11.5. The number of amides is 1. The van der Waals surface area contributed by atoms with Crippen molar-refractivity contribution in [3.8, 4) is 0 Å². The number of carbonyl (C=O) groups excluding carboxylic acids is 1. The summed E-state index contributed by atoms with van der Waals surface area (Å²) in [5.74, 6) is -0.0893. The van der Waals surface area contributed by atoms with Gasteiger partial charge in [0, 0.05) is 16.5 Å². The van der Waals surface area contributed by atoms with Crippen molar-refractivity contribution in [1.82, 2.24) is 0 Å². The number of fused-ring (bicyclic) bond motifs is 1. The van der Waals surface area contributed by atoms with Crippen LogP contribution in [0.5, 0.6) is 0 Å². The lowest BCUT2D eigenvalue weighted by Crippen LogP contribution is -2.37. The summed E-state index contributed by atoms with van der Waals surface area (Å²) in [4.78, 5) is 18.9. The lowest BCUT2D eigenvalue weighted by molar-refractivity contribution is 0.100. The lowest BCUT2D eigenvalue weighted by Gasteiger charge is -2.25. The number of carbonyl (C=O) groups is 1. The van der Waals surface area contributed by atoms with Crippen LogP contribution in [0.1, 0.15) is 21.5 Å². The first-order valence-electron chi connectivity index (χ1n) is 8.75. The van der Waals surface area contributed by atoms with Gasteiger partial charge in [0.2, 0.25) is 0 Å². The molecule has 0 N–H and O–H groups in total. The summed E-state index contributed by atoms with van der Waals surface area (Å²) in [6.45, 7) is 4.02. The molecule has 2 heterocycles. The van der Waals surface area contributed by atoms with E-state index in [0.717, 1.165) is 16.8 Å². The van der Waals surface area contributed by atoms with Gasteiger partial charge in [-0.05, 0) is 49.2 Å². The van der Waals surface area contributed by atoms with Gasteiger partial charge in [0.15, 0.2) is 15.0 Å². The molecular formula is C20H20N2O3S2. The lowest BCUT2D eigenvalue weighted by atomic mass is 10.1. The third kappa shape index (κ3) is 3.66. The van der Waals surface area contributed by atoms with Crippen LogP contribution in [-0.4, -0.2) is 42.3 Å². The zero-order valence-electron chi connectivity index (χ0n) is 15.1. The SMILES string of the molecule is Cc1cc(C)cc(N2C(=NC(=O)c3ccccc3)SC3CS(=O)(=O)CC32)c1. The maximum absolute atomic E-state index is 12.6. The molecule has 2 aromatic rings. The van der Waals surface area contributed by atoms with E-state index in [1.807, 2.05) is 36.9 Å². The molecule has 2 atom stereocenters. The Bertz CT molecular complexity index is 1010. The second-order valence-corrected chi connectivity index (χ2v) is 10.4. The average Bonchev–Trinajstić information content (AvgIpc) is 3.05. The summed E-state index contributed by atoms with van der Waals surface area (Å²) in [5.41, 5.74) is 3.60. The zero-order valence-corrected chi connectivity index (χ0v) is 16.8. The fraction of sp³-hybridized carbons (Fsp3) is 0.300. The molecule has 2 fully saturated rings. The van der Waals surface area contributed by atoms with Crippen molar-refractivity contribution in [1.29, 1.82) is 0 Å². The van der Waals surface area contributed by atoms with Gasteiger partial charge in [-0.3, -0.25) is 4.79 Å². The minimum atomic E-state index is -3.07. The molecule has 0 bridgehead atoms. The average molecular weight is 401 g/mol. The Balaban J connectivity index is 1.76. The molecule has 27 heavy (non-hydrogen) atoms. The summed E-state index contributed by atoms with van der Waals surface area (Å²) < 4.78 is 24.3. The molecular weight excluding hydrogens is 380 g/mol. The van der Waals surface area contributed by atoms with Gasteiger partial charge in [0.05, 0.1) is 17.5 Å². The highest BCUT2D eigenvalue weighted by atomic mass is 32.2. The van der Waals surface area contributed by atoms with Gasteiger partial charge in [0.25, 0.3) is 5.91 Å². The number of hydrogen-bond donors (Lipinski definition) is 0. The number of amidine groups is 1. The van der Waals surface area contributed by atoms with E-state index < -0.39 is 9.84 Å². The Kier molecular flexibility index (Phi) is 4.60. The molecule has 0 aromatic heterocycles. The van der Waals surface area contributed by atoms with Crippen LogP contribution in [0.25, 0.3) is 0 Å². The zero-order chi connectivity index (χ0) is 19.2. The van der Waals surface area contributed by atoms with Crippen LogP contribution < -0.4 is 4.90 Å². The summed E-state index contributed by atoms with van der Waals surface area (Å²) >= 11 is 1.40. The number of rotatable bonds is 2. The molecule has 2 aliphatic rings. The van der Waals surface area contributed by atoms with Crippen molar-refractivity contribution in [3.05, 3.63) is 65.2 Å². The van der Waals surface area contributed by atoms with Gasteiger partial charge < -0.3 is 4.90 Å². The minimum Gasteiger partial charge on any atom is -0.316 e. The highest BCUT2D eigenvalue weighted by molar-refractivity contribution is 8.16. The molecule has 1 amide bonds. The Labute approximate surface area is 163 Å². The van der Waals surface area contributed by atoms with Crippen molar-refractivity contribution in [3.63, 3.8) is 0 Å². The highest BCUT2D eigenvalue weighted by Gasteiger charge is 2.49. The van der Waals surface area contributed by atoms with E-state index in [4.69, 9.17) is 0 Å². The minimum absolute atomic E-state index is 0.0935. The maximum atomic E-state index is 12.6. The Hall–Kier alpha value is -2.12. The van der Waals surface area contributed by atoms with Crippen molar-refractivity contribution in [2.24, 2.45) is 4.99 Å². The molecule has 4 rings (SSSR count). The van der Waals surface area contributed by atoms with E-state index in [1.165, 1.54) is 11.8 Å². The van der Waals surface area contributed by atoms with Crippen LogP contribution in [-0.2, 0) is 9.84 Å². The van der Waals surface area contributed by atoms with Crippen molar-refractivity contribution in [2.45, 2.75) is 25.1 Å². The Morgan fingerprint density at radius 1 is 1.07 bits per heavy atom. The highest BCUT2D eigenvalue weighted by Crippen LogP contribution is 2.41. The number of anilines is 1. The van der Waals surface area contributed by atoms with E-state index in [0.29, 0.717) is 10.7 Å². The molecule has 0 radical (unpaired) electrons. The molecule has 5 nitrogen and oxygen atoms in total. The van der Waals surface area contributed by atoms with Gasteiger partial charge >= 0.3 is 0 Å². The number of nitrogens with zero attached hydrogens (tertiary/aromatic N) is 2. The molecule has 140 valence electrons. The van der Waals surface area contributed by atoms with Crippen LogP contribution in [0.4, 0.5) is 5.69 Å². The van der Waals surface area contributed by atoms with Gasteiger partial charge in [-0.1, -0.05) is 36.0 Å². The molecule has 7 heteroatoms. The fourth-order valence-corrected chi connectivity index (χ4v) is 7.60. The second-order valence-electron chi connectivity index (χ2n) is 7.08. The Morgan fingerprint density at radius 3 is 2.41 bits per heavy atom. The molecule has 0 aliphatic carbocycles. The van der Waals surface area contributed by atoms with Crippen molar-refractivity contribution < 1.29 is 13.2 Å². The number of sulfone groups is 1. The monoisotopic (exact) mass is 400 g/mol. The summed E-state index contributed by atoms with van der Waals surface area (Å²) in [7, 11) is -3.07. The van der Waals surface area contributed by atoms with Crippen LogP contribution in [0.2, 0.25) is 0 Å². The van der Waals surface area contributed by atoms with E-state index in [1.54, 1.807) is 24.3 Å². The van der Waals surface area contributed by atoms with Crippen LogP contribution in [0.15, 0.2) is 53.5 Å². The maximum Gasteiger partial charge on any atom is 0.279 e. The van der Waals surface area contributed by atoms with E-state index in [2.05, 4.69) is 11.1 Å². The first-order chi connectivity index (χ1) is 12.8. The predicted molar refractivity (Wildman–Crippen MR) is 110 cm³/mol. The van der Waals surface area contributed by atoms with Gasteiger partial charge in [-0.15, -0.1) is 0 Å². The quantitative estimate of drug-likeness (QED) is 0.774. The number of hydrogen-bond acceptors (Lipinski definition) is 4. The first kappa shape index (κ1) is 18.3. The molecule has 2 saturated heterocycles. The number of aryl methyl sites for hydroxylation is 2. The van der Waals surface area contributed by atoms with Crippen molar-refractivity contribution in [2.75, 3.05) is 16.4 Å². The third-order valence-electron chi connectivity index (χ3n) is 4.77. The van der Waals surface area contributed by atoms with E-state index in [9.17, 15) is 13.2 Å². The molecule has 2 aromatic carbocycles. The fourth-order valence-electron chi connectivity index (χ4n) is 3.69. The number of thioether (sulfide) groups is 1. The number of aliphatic imine (C=N–C) groups is 1. The molecule has 0 spiro atoms. The van der Waals surface area contributed by atoms with Gasteiger partial charge in [-0.2, -0.15) is 4.99 Å². The summed E-state index contributed by atoms with van der Waals surface area (Å²) in [5, 5.41) is 0.483. The van der Waals surface area contributed by atoms with Crippen LogP contribution >= 0.6 is 11.8 Å². The van der Waals surface area contributed by atoms with E-state index in [-0.39, 0.29) is 28.7 Å². The molecule has 0 saturated carbocycles. The van der Waals surface area contributed by atoms with Crippen LogP contribution in [0.3, 0.4) is 0 Å². The predicted octanol–water partition coefficient (Wildman–Crippen LogP) is 3.22. The van der Waals surface area contributed by atoms with Crippen LogP contribution in [0, 0.1) is 13.8 Å². The van der Waals surface area contributed by atoms with E-state index >= 15 is 0 Å². The standard InChI is InChI=1S/C20H20N2O3S2/c1-13-8-14(2)10-16(9-13)22-17-11-27(24,25)12-18(17)26-20(22)21-19(23)15-6-4-3-5-7-15/h3-10,17-18H,11-12H2,1-2H3. The smallest absolute Gasteiger partial charge is 0.279 e. The molecule has 2 unspecified atom stereocenters. The summed E-state index contributed by atoms with van der Waals surface area (Å²) in [6, 6.07) is 14.8. The second kappa shape index (κ2) is 6.80. The van der Waals surface area contributed by atoms with Gasteiger partial charge in [-0.25, -0.2) is 8.42 Å². The van der Waals surface area contributed by atoms with Gasteiger partial charge in [0.1, 0.15) is 0 Å². The molecule has 2 aliphatic heterocycles. The largest absolute Gasteiger partial charge is 0.316 e.